The Kier molecular flexibility index (Phi) is 5.07. The number of carboxylic acids is 1. The van der Waals surface area contributed by atoms with Gasteiger partial charge in [-0.1, -0.05) is 0 Å². The van der Waals surface area contributed by atoms with E-state index in [1.54, 1.807) is 0 Å². The van der Waals surface area contributed by atoms with E-state index in [0.29, 0.717) is 4.47 Å². The van der Waals surface area contributed by atoms with Crippen LogP contribution >= 0.6 is 15.9 Å². The second-order valence-corrected chi connectivity index (χ2v) is 2.93. The normalized spacial score (nSPS) is 8.77. The summed E-state index contributed by atoms with van der Waals surface area (Å²) in [5.74, 6) is -0.939. The first-order valence-corrected chi connectivity index (χ1v) is 3.87. The monoisotopic (exact) mass is 239 g/mol. The maximum absolute atomic E-state index is 10.6. The summed E-state index contributed by atoms with van der Waals surface area (Å²) in [4.78, 5) is 14.4. The number of pyridine rings is 1. The van der Waals surface area contributed by atoms with Crippen LogP contribution in [0.4, 0.5) is 0 Å². The van der Waals surface area contributed by atoms with Crippen LogP contribution in [0.2, 0.25) is 0 Å². The Bertz CT molecular complexity index is 319. The van der Waals surface area contributed by atoms with Gasteiger partial charge >= 0.3 is 24.8 Å². The van der Waals surface area contributed by atoms with Crippen molar-refractivity contribution in [3.8, 4) is 5.88 Å². The van der Waals surface area contributed by atoms with Gasteiger partial charge in [-0.2, -0.15) is 0 Å². The molecule has 1 heterocycles. The second kappa shape index (κ2) is 5.28. The molecule has 0 amide bonds. The molecule has 0 fully saturated rings. The number of hydrogen-bond acceptors (Lipinski definition) is 3. The van der Waals surface area contributed by atoms with E-state index in [9.17, 15) is 4.79 Å². The molecule has 0 saturated carbocycles. The van der Waals surface area contributed by atoms with Gasteiger partial charge in [0.2, 0.25) is 5.88 Å². The summed E-state index contributed by atoms with van der Waals surface area (Å²) in [6.45, 7) is 0. The van der Waals surface area contributed by atoms with E-state index in [4.69, 9.17) is 9.84 Å². The molecule has 0 aliphatic carbocycles. The number of nitrogens with zero attached hydrogens (tertiary/aromatic N) is 1. The van der Waals surface area contributed by atoms with Gasteiger partial charge in [-0.25, -0.2) is 9.78 Å². The first-order chi connectivity index (χ1) is 5.65. The average Bonchev–Trinajstić information content (AvgIpc) is 2.04. The Morgan fingerprint density at radius 1 is 1.69 bits per heavy atom. The Morgan fingerprint density at radius 3 is 2.77 bits per heavy atom. The van der Waals surface area contributed by atoms with E-state index in [1.165, 1.54) is 19.4 Å². The minimum atomic E-state index is -1.05. The number of aromatic nitrogens is 1. The number of rotatable bonds is 2. The van der Waals surface area contributed by atoms with Gasteiger partial charge in [0.1, 0.15) is 5.56 Å². The molecule has 0 unspecified atom stereocenters. The van der Waals surface area contributed by atoms with Gasteiger partial charge in [-0.3, -0.25) is 0 Å². The first-order valence-electron chi connectivity index (χ1n) is 3.08. The number of ether oxygens (including phenoxy) is 1. The standard InChI is InChI=1S/C7H6BrNO3.Li.H/c1-12-6-5(7(10)11)2-4(8)3-9-6;;/h2-3H,1H3,(H,10,11);;. The molecule has 0 aliphatic heterocycles. The minimum absolute atomic E-state index is 0. The number of aromatic carboxylic acids is 1. The molecule has 0 bridgehead atoms. The van der Waals surface area contributed by atoms with Crippen molar-refractivity contribution in [1.82, 2.24) is 4.98 Å². The van der Waals surface area contributed by atoms with E-state index in [2.05, 4.69) is 20.9 Å². The van der Waals surface area contributed by atoms with Crippen molar-refractivity contribution in [2.75, 3.05) is 7.11 Å². The number of hydrogen-bond donors (Lipinski definition) is 1. The molecule has 0 radical (unpaired) electrons. The molecule has 0 atom stereocenters. The zero-order valence-corrected chi connectivity index (χ0v) is 7.83. The second-order valence-electron chi connectivity index (χ2n) is 2.02. The fourth-order valence-corrected chi connectivity index (χ4v) is 1.07. The number of carbonyl (C=O) groups is 1. The van der Waals surface area contributed by atoms with Crippen molar-refractivity contribution in [2.24, 2.45) is 0 Å². The maximum atomic E-state index is 10.6. The van der Waals surface area contributed by atoms with Gasteiger partial charge in [0, 0.05) is 10.7 Å². The molecular formula is C7H7BrLiNO3. The summed E-state index contributed by atoms with van der Waals surface area (Å²) >= 11 is 3.11. The van der Waals surface area contributed by atoms with Crippen LogP contribution in [0.5, 0.6) is 5.88 Å². The number of methoxy groups -OCH3 is 1. The molecule has 0 aliphatic rings. The predicted octanol–water partition coefficient (Wildman–Crippen LogP) is 0.902. The van der Waals surface area contributed by atoms with Crippen molar-refractivity contribution in [3.05, 3.63) is 22.3 Å². The Labute approximate surface area is 95.6 Å². The van der Waals surface area contributed by atoms with Gasteiger partial charge in [-0.05, 0) is 22.0 Å². The first kappa shape index (κ1) is 12.5. The van der Waals surface area contributed by atoms with Crippen LogP contribution in [0.3, 0.4) is 0 Å². The van der Waals surface area contributed by atoms with Crippen molar-refractivity contribution >= 4 is 40.8 Å². The van der Waals surface area contributed by atoms with Crippen molar-refractivity contribution < 1.29 is 14.6 Å². The van der Waals surface area contributed by atoms with Crippen LogP contribution in [0.25, 0.3) is 0 Å². The molecule has 0 aromatic carbocycles. The fourth-order valence-electron chi connectivity index (χ4n) is 0.743. The summed E-state index contributed by atoms with van der Waals surface area (Å²) < 4.78 is 5.36. The molecule has 66 valence electrons. The van der Waals surface area contributed by atoms with Gasteiger partial charge in [0.05, 0.1) is 7.11 Å². The van der Waals surface area contributed by atoms with Crippen LogP contribution < -0.4 is 4.74 Å². The van der Waals surface area contributed by atoms with Crippen LogP contribution in [0.1, 0.15) is 10.4 Å². The van der Waals surface area contributed by atoms with Crippen molar-refractivity contribution in [3.63, 3.8) is 0 Å². The Morgan fingerprint density at radius 2 is 2.31 bits per heavy atom. The van der Waals surface area contributed by atoms with Crippen LogP contribution in [0.15, 0.2) is 16.7 Å². The Hall–Kier alpha value is -0.503. The van der Waals surface area contributed by atoms with E-state index in [1.807, 2.05) is 0 Å². The van der Waals surface area contributed by atoms with E-state index in [0.717, 1.165) is 0 Å². The van der Waals surface area contributed by atoms with Crippen molar-refractivity contribution in [2.45, 2.75) is 0 Å². The van der Waals surface area contributed by atoms with Gasteiger partial charge in [-0.15, -0.1) is 0 Å². The van der Waals surface area contributed by atoms with E-state index < -0.39 is 5.97 Å². The summed E-state index contributed by atoms with van der Waals surface area (Å²) in [5, 5.41) is 8.68. The summed E-state index contributed by atoms with van der Waals surface area (Å²) in [7, 11) is 1.38. The number of halogens is 1. The SMILES string of the molecule is COc1ncc(Br)cc1C(=O)O.[LiH]. The third-order valence-corrected chi connectivity index (χ3v) is 1.68. The third kappa shape index (κ3) is 3.03. The van der Waals surface area contributed by atoms with Crippen LogP contribution in [-0.4, -0.2) is 42.0 Å². The van der Waals surface area contributed by atoms with Crippen molar-refractivity contribution in [1.29, 1.82) is 0 Å². The van der Waals surface area contributed by atoms with Gasteiger partial charge in [0.15, 0.2) is 0 Å². The van der Waals surface area contributed by atoms with Gasteiger partial charge in [0.25, 0.3) is 0 Å². The fraction of sp³-hybridized carbons (Fsp3) is 0.143. The van der Waals surface area contributed by atoms with Crippen LogP contribution in [-0.2, 0) is 0 Å². The summed E-state index contributed by atoms with van der Waals surface area (Å²) in [5.41, 5.74) is 0.0480. The third-order valence-electron chi connectivity index (χ3n) is 1.24. The molecule has 1 rings (SSSR count). The molecule has 1 aromatic heterocycles. The molecule has 13 heavy (non-hydrogen) atoms. The molecule has 1 N–H and O–H groups in total. The molecule has 4 nitrogen and oxygen atoms in total. The molecule has 1 aromatic rings. The van der Waals surface area contributed by atoms with E-state index >= 15 is 0 Å². The predicted molar refractivity (Wildman–Crippen MR) is 52.6 cm³/mol. The topological polar surface area (TPSA) is 59.4 Å². The average molecular weight is 240 g/mol. The van der Waals surface area contributed by atoms with E-state index in [-0.39, 0.29) is 30.3 Å². The van der Waals surface area contributed by atoms with Gasteiger partial charge < -0.3 is 9.84 Å². The summed E-state index contributed by atoms with van der Waals surface area (Å²) in [6.07, 6.45) is 1.48. The Balaban J connectivity index is 0.00000144. The quantitative estimate of drug-likeness (QED) is 0.780. The molecule has 0 saturated heterocycles. The zero-order chi connectivity index (χ0) is 9.14. The molecular weight excluding hydrogens is 233 g/mol. The van der Waals surface area contributed by atoms with Crippen LogP contribution in [0, 0.1) is 0 Å². The molecule has 0 spiro atoms. The zero-order valence-electron chi connectivity index (χ0n) is 6.24. The molecule has 6 heteroatoms. The number of carboxylic acid groups (broad SMARTS) is 1. The summed E-state index contributed by atoms with van der Waals surface area (Å²) in [6, 6.07) is 1.44.